The van der Waals surface area contributed by atoms with Gasteiger partial charge in [0, 0.05) is 8.45 Å². The Bertz CT molecular complexity index is 1220. The lowest BCUT2D eigenvalue weighted by atomic mass is 10.1. The number of thiophene rings is 1. The number of benzene rings is 2. The predicted molar refractivity (Wildman–Crippen MR) is 123 cm³/mol. The molecular formula is C22H17IN2OS. The van der Waals surface area contributed by atoms with E-state index >= 15 is 0 Å². The largest absolute Gasteiger partial charge is 0.268 e. The zero-order valence-electron chi connectivity index (χ0n) is 14.9. The third kappa shape index (κ3) is 3.61. The van der Waals surface area contributed by atoms with Crippen LogP contribution >= 0.6 is 33.9 Å². The van der Waals surface area contributed by atoms with E-state index in [2.05, 4.69) is 35.6 Å². The van der Waals surface area contributed by atoms with Gasteiger partial charge >= 0.3 is 0 Å². The molecule has 0 saturated heterocycles. The summed E-state index contributed by atoms with van der Waals surface area (Å²) in [7, 11) is 0. The maximum absolute atomic E-state index is 13.4. The average Bonchev–Trinajstić information content (AvgIpc) is 3.15. The summed E-state index contributed by atoms with van der Waals surface area (Å²) in [5.41, 5.74) is 3.76. The molecule has 0 atom stereocenters. The highest BCUT2D eigenvalue weighted by Crippen LogP contribution is 2.21. The van der Waals surface area contributed by atoms with Crippen LogP contribution in [0.2, 0.25) is 0 Å². The van der Waals surface area contributed by atoms with Crippen LogP contribution in [0.25, 0.3) is 28.7 Å². The first-order valence-electron chi connectivity index (χ1n) is 8.54. The first-order chi connectivity index (χ1) is 13.0. The van der Waals surface area contributed by atoms with Crippen LogP contribution in [0.15, 0.2) is 58.7 Å². The van der Waals surface area contributed by atoms with E-state index in [-0.39, 0.29) is 5.56 Å². The van der Waals surface area contributed by atoms with Gasteiger partial charge in [-0.3, -0.25) is 9.36 Å². The SMILES string of the molecule is Cc1ccc(-n2c(/C=C/c3cccs3)nc3ccc(I)cc3c2=O)c(C)c1. The van der Waals surface area contributed by atoms with Gasteiger partial charge in [0.1, 0.15) is 5.82 Å². The summed E-state index contributed by atoms with van der Waals surface area (Å²) in [6.07, 6.45) is 3.93. The fraction of sp³-hybridized carbons (Fsp3) is 0.0909. The molecule has 2 heterocycles. The molecule has 0 unspecified atom stereocenters. The van der Waals surface area contributed by atoms with Crippen LogP contribution in [0.1, 0.15) is 21.8 Å². The van der Waals surface area contributed by atoms with Crippen molar-refractivity contribution in [3.05, 3.63) is 89.7 Å². The van der Waals surface area contributed by atoms with Crippen LogP contribution in [-0.4, -0.2) is 9.55 Å². The average molecular weight is 484 g/mol. The molecule has 0 aliphatic carbocycles. The van der Waals surface area contributed by atoms with Gasteiger partial charge in [0.2, 0.25) is 0 Å². The Morgan fingerprint density at radius 1 is 1.07 bits per heavy atom. The van der Waals surface area contributed by atoms with E-state index in [0.29, 0.717) is 16.7 Å². The highest BCUT2D eigenvalue weighted by Gasteiger charge is 2.13. The lowest BCUT2D eigenvalue weighted by molar-refractivity contribution is 0.933. The van der Waals surface area contributed by atoms with Crippen molar-refractivity contribution in [2.45, 2.75) is 13.8 Å². The topological polar surface area (TPSA) is 34.9 Å². The molecule has 0 saturated carbocycles. The third-order valence-corrected chi connectivity index (χ3v) is 5.90. The number of hydrogen-bond acceptors (Lipinski definition) is 3. The maximum Gasteiger partial charge on any atom is 0.266 e. The zero-order valence-corrected chi connectivity index (χ0v) is 17.9. The van der Waals surface area contributed by atoms with Crippen LogP contribution in [0.3, 0.4) is 0 Å². The number of aromatic nitrogens is 2. The standard InChI is InChI=1S/C22H17IN2OS/c1-14-5-9-20(15(2)12-14)25-21(10-7-17-4-3-11-27-17)24-19-8-6-16(23)13-18(19)22(25)26/h3-13H,1-2H3/b10-7+. The Balaban J connectivity index is 2.02. The number of fused-ring (bicyclic) bond motifs is 1. The summed E-state index contributed by atoms with van der Waals surface area (Å²) in [6, 6.07) is 16.0. The van der Waals surface area contributed by atoms with Crippen molar-refractivity contribution in [3.8, 4) is 5.69 Å². The molecule has 0 aliphatic rings. The van der Waals surface area contributed by atoms with Crippen molar-refractivity contribution in [3.63, 3.8) is 0 Å². The van der Waals surface area contributed by atoms with Gasteiger partial charge in [-0.1, -0.05) is 23.8 Å². The Labute approximate surface area is 175 Å². The van der Waals surface area contributed by atoms with E-state index < -0.39 is 0 Å². The zero-order chi connectivity index (χ0) is 19.0. The van der Waals surface area contributed by atoms with E-state index in [1.165, 1.54) is 5.56 Å². The van der Waals surface area contributed by atoms with Gasteiger partial charge < -0.3 is 0 Å². The van der Waals surface area contributed by atoms with E-state index in [4.69, 9.17) is 4.98 Å². The Hall–Kier alpha value is -2.25. The second kappa shape index (κ2) is 7.40. The van der Waals surface area contributed by atoms with Gasteiger partial charge in [-0.15, -0.1) is 11.3 Å². The summed E-state index contributed by atoms with van der Waals surface area (Å²) in [5.74, 6) is 0.633. The molecule has 3 nitrogen and oxygen atoms in total. The Kier molecular flexibility index (Phi) is 4.97. The number of hydrogen-bond donors (Lipinski definition) is 0. The summed E-state index contributed by atoms with van der Waals surface area (Å²) in [4.78, 5) is 19.3. The summed E-state index contributed by atoms with van der Waals surface area (Å²) in [5, 5.41) is 2.67. The molecule has 0 radical (unpaired) electrons. The number of halogens is 1. The van der Waals surface area contributed by atoms with Crippen LogP contribution in [0.4, 0.5) is 0 Å². The highest BCUT2D eigenvalue weighted by atomic mass is 127. The van der Waals surface area contributed by atoms with E-state index in [0.717, 1.165) is 19.7 Å². The fourth-order valence-electron chi connectivity index (χ4n) is 3.12. The molecule has 0 N–H and O–H groups in total. The van der Waals surface area contributed by atoms with Gasteiger partial charge in [0.05, 0.1) is 16.6 Å². The lowest BCUT2D eigenvalue weighted by Crippen LogP contribution is -2.23. The summed E-state index contributed by atoms with van der Waals surface area (Å²) in [6.45, 7) is 4.08. The third-order valence-electron chi connectivity index (χ3n) is 4.39. The molecule has 0 fully saturated rings. The highest BCUT2D eigenvalue weighted by molar-refractivity contribution is 14.1. The van der Waals surface area contributed by atoms with E-state index in [1.54, 1.807) is 15.9 Å². The van der Waals surface area contributed by atoms with Crippen molar-refractivity contribution >= 4 is 57.0 Å². The molecule has 27 heavy (non-hydrogen) atoms. The normalized spacial score (nSPS) is 11.5. The second-order valence-electron chi connectivity index (χ2n) is 6.41. The van der Waals surface area contributed by atoms with E-state index in [1.807, 2.05) is 66.9 Å². The first kappa shape index (κ1) is 18.1. The maximum atomic E-state index is 13.4. The van der Waals surface area contributed by atoms with Crippen LogP contribution < -0.4 is 5.56 Å². The molecule has 0 amide bonds. The number of rotatable bonds is 3. The molecule has 5 heteroatoms. The molecular weight excluding hydrogens is 467 g/mol. The van der Waals surface area contributed by atoms with Gasteiger partial charge in [-0.05, 0) is 89.9 Å². The lowest BCUT2D eigenvalue weighted by Gasteiger charge is -2.14. The van der Waals surface area contributed by atoms with Crippen LogP contribution in [-0.2, 0) is 0 Å². The second-order valence-corrected chi connectivity index (χ2v) is 8.64. The van der Waals surface area contributed by atoms with Crippen molar-refractivity contribution in [2.75, 3.05) is 0 Å². The Morgan fingerprint density at radius 2 is 1.93 bits per heavy atom. The fourth-order valence-corrected chi connectivity index (χ4v) is 4.23. The smallest absolute Gasteiger partial charge is 0.266 e. The monoisotopic (exact) mass is 484 g/mol. The van der Waals surface area contributed by atoms with Crippen molar-refractivity contribution < 1.29 is 0 Å². The summed E-state index contributed by atoms with van der Waals surface area (Å²) < 4.78 is 2.74. The molecule has 2 aromatic heterocycles. The molecule has 134 valence electrons. The van der Waals surface area contributed by atoms with Crippen LogP contribution in [0.5, 0.6) is 0 Å². The molecule has 4 rings (SSSR count). The van der Waals surface area contributed by atoms with Gasteiger partial charge in [-0.25, -0.2) is 4.98 Å². The van der Waals surface area contributed by atoms with Gasteiger partial charge in [-0.2, -0.15) is 0 Å². The molecule has 2 aromatic carbocycles. The first-order valence-corrected chi connectivity index (χ1v) is 10.5. The van der Waals surface area contributed by atoms with Crippen LogP contribution in [0, 0.1) is 17.4 Å². The predicted octanol–water partition coefficient (Wildman–Crippen LogP) is 5.84. The summed E-state index contributed by atoms with van der Waals surface area (Å²) >= 11 is 3.88. The molecule has 4 aromatic rings. The number of nitrogens with zero attached hydrogens (tertiary/aromatic N) is 2. The minimum Gasteiger partial charge on any atom is -0.268 e. The van der Waals surface area contributed by atoms with E-state index in [9.17, 15) is 4.79 Å². The van der Waals surface area contributed by atoms with Crippen molar-refractivity contribution in [2.24, 2.45) is 0 Å². The Morgan fingerprint density at radius 3 is 2.67 bits per heavy atom. The molecule has 0 aliphatic heterocycles. The van der Waals surface area contributed by atoms with Crippen molar-refractivity contribution in [1.29, 1.82) is 0 Å². The minimum absolute atomic E-state index is 0.0451. The number of aryl methyl sites for hydroxylation is 2. The quantitative estimate of drug-likeness (QED) is 0.343. The molecule has 0 bridgehead atoms. The van der Waals surface area contributed by atoms with Gasteiger partial charge in [0.15, 0.2) is 0 Å². The minimum atomic E-state index is -0.0451. The van der Waals surface area contributed by atoms with Gasteiger partial charge in [0.25, 0.3) is 5.56 Å². The van der Waals surface area contributed by atoms with Crippen molar-refractivity contribution in [1.82, 2.24) is 9.55 Å². The molecule has 0 spiro atoms.